The molecule has 0 aliphatic carbocycles. The maximum absolute atomic E-state index is 12.8. The molecule has 142 valence electrons. The number of Topliss-reactive ketones (excluding diaryl/α,β-unsaturated/α-hetero) is 1. The fourth-order valence-corrected chi connectivity index (χ4v) is 3.35. The van der Waals surface area contributed by atoms with Crippen LogP contribution in [0.3, 0.4) is 0 Å². The molecule has 27 heavy (non-hydrogen) atoms. The van der Waals surface area contributed by atoms with E-state index in [2.05, 4.69) is 15.2 Å². The predicted molar refractivity (Wildman–Crippen MR) is 99.9 cm³/mol. The third kappa shape index (κ3) is 3.35. The van der Waals surface area contributed by atoms with Crippen LogP contribution in [0, 0.1) is 13.8 Å². The molecule has 1 atom stereocenters. The van der Waals surface area contributed by atoms with Gasteiger partial charge in [0.15, 0.2) is 0 Å². The van der Waals surface area contributed by atoms with E-state index in [-0.39, 0.29) is 11.3 Å². The molecule has 1 saturated heterocycles. The number of pyridine rings is 1. The molecule has 8 nitrogen and oxygen atoms in total. The Kier molecular flexibility index (Phi) is 5.09. The number of aliphatic hydroxyl groups excluding tert-OH is 1. The highest BCUT2D eigenvalue weighted by Crippen LogP contribution is 2.39. The Morgan fingerprint density at radius 3 is 2.48 bits per heavy atom. The number of aromatic amines is 1. The van der Waals surface area contributed by atoms with E-state index in [1.807, 2.05) is 19.0 Å². The summed E-state index contributed by atoms with van der Waals surface area (Å²) in [4.78, 5) is 33.0. The summed E-state index contributed by atoms with van der Waals surface area (Å²) >= 11 is 0. The number of H-pyrrole nitrogens is 1. The largest absolute Gasteiger partial charge is 0.507 e. The number of carbonyl (C=O) groups is 2. The van der Waals surface area contributed by atoms with E-state index in [4.69, 9.17) is 0 Å². The highest BCUT2D eigenvalue weighted by atomic mass is 16.3. The van der Waals surface area contributed by atoms with E-state index in [1.54, 1.807) is 38.4 Å². The van der Waals surface area contributed by atoms with Crippen molar-refractivity contribution in [3.8, 4) is 0 Å². The zero-order valence-electron chi connectivity index (χ0n) is 15.9. The van der Waals surface area contributed by atoms with E-state index in [0.717, 1.165) is 5.56 Å². The molecule has 0 saturated carbocycles. The summed E-state index contributed by atoms with van der Waals surface area (Å²) in [6, 6.07) is 2.84. The van der Waals surface area contributed by atoms with Gasteiger partial charge in [0.05, 0.1) is 22.9 Å². The normalized spacial score (nSPS) is 19.3. The Labute approximate surface area is 157 Å². The average molecular weight is 369 g/mol. The molecular formula is C19H23N5O3. The van der Waals surface area contributed by atoms with Crippen LogP contribution in [0.15, 0.2) is 30.1 Å². The third-order valence-electron chi connectivity index (χ3n) is 4.71. The van der Waals surface area contributed by atoms with Crippen molar-refractivity contribution in [3.05, 3.63) is 52.6 Å². The number of hydrogen-bond donors (Lipinski definition) is 2. The van der Waals surface area contributed by atoms with Crippen LogP contribution in [-0.4, -0.2) is 69.0 Å². The van der Waals surface area contributed by atoms with E-state index in [0.29, 0.717) is 30.0 Å². The van der Waals surface area contributed by atoms with Crippen molar-refractivity contribution < 1.29 is 14.7 Å². The van der Waals surface area contributed by atoms with Gasteiger partial charge in [-0.15, -0.1) is 0 Å². The Balaban J connectivity index is 2.17. The van der Waals surface area contributed by atoms with Crippen molar-refractivity contribution in [1.82, 2.24) is 25.0 Å². The van der Waals surface area contributed by atoms with Crippen LogP contribution in [0.1, 0.15) is 28.6 Å². The minimum absolute atomic E-state index is 0.0811. The molecule has 1 aliphatic rings. The molecule has 8 heteroatoms. The minimum atomic E-state index is -0.687. The number of aryl methyl sites for hydroxylation is 2. The summed E-state index contributed by atoms with van der Waals surface area (Å²) in [5, 5.41) is 17.9. The van der Waals surface area contributed by atoms with Crippen molar-refractivity contribution in [2.45, 2.75) is 19.9 Å². The SMILES string of the molecule is Cc1n[nH]c(C)c1/C(O)=C1\C(=O)C(=O)N(CCN(C)C)[C@H]1c1ccncc1. The van der Waals surface area contributed by atoms with Crippen LogP contribution in [0.25, 0.3) is 5.76 Å². The summed E-state index contributed by atoms with van der Waals surface area (Å²) < 4.78 is 0. The van der Waals surface area contributed by atoms with Gasteiger partial charge in [0.25, 0.3) is 11.7 Å². The monoisotopic (exact) mass is 369 g/mol. The van der Waals surface area contributed by atoms with E-state index in [9.17, 15) is 14.7 Å². The minimum Gasteiger partial charge on any atom is -0.507 e. The quantitative estimate of drug-likeness (QED) is 0.469. The lowest BCUT2D eigenvalue weighted by Gasteiger charge is -2.26. The lowest BCUT2D eigenvalue weighted by atomic mass is 9.95. The molecule has 0 unspecified atom stereocenters. The molecule has 2 aromatic heterocycles. The highest BCUT2D eigenvalue weighted by Gasteiger charge is 2.46. The second-order valence-electron chi connectivity index (χ2n) is 6.89. The molecule has 3 rings (SSSR count). The predicted octanol–water partition coefficient (Wildman–Crippen LogP) is 1.40. The van der Waals surface area contributed by atoms with Gasteiger partial charge in [0.1, 0.15) is 5.76 Å². The van der Waals surface area contributed by atoms with Gasteiger partial charge in [-0.3, -0.25) is 19.7 Å². The fourth-order valence-electron chi connectivity index (χ4n) is 3.35. The fraction of sp³-hybridized carbons (Fsp3) is 0.368. The van der Waals surface area contributed by atoms with Crippen LogP contribution in [0.2, 0.25) is 0 Å². The second-order valence-corrected chi connectivity index (χ2v) is 6.89. The first-order chi connectivity index (χ1) is 12.8. The zero-order valence-corrected chi connectivity index (χ0v) is 15.9. The molecule has 1 aliphatic heterocycles. The van der Waals surface area contributed by atoms with Gasteiger partial charge in [-0.05, 0) is 45.6 Å². The Morgan fingerprint density at radius 2 is 1.93 bits per heavy atom. The molecule has 0 radical (unpaired) electrons. The molecular weight excluding hydrogens is 346 g/mol. The number of amides is 1. The molecule has 1 fully saturated rings. The van der Waals surface area contributed by atoms with Crippen molar-refractivity contribution in [2.24, 2.45) is 0 Å². The van der Waals surface area contributed by atoms with E-state index < -0.39 is 17.7 Å². The van der Waals surface area contributed by atoms with Gasteiger partial charge < -0.3 is 14.9 Å². The molecule has 1 amide bonds. The van der Waals surface area contributed by atoms with Crippen molar-refractivity contribution in [1.29, 1.82) is 0 Å². The Hall–Kier alpha value is -3.00. The van der Waals surface area contributed by atoms with Crippen molar-refractivity contribution in [2.75, 3.05) is 27.2 Å². The lowest BCUT2D eigenvalue weighted by molar-refractivity contribution is -0.140. The first kappa shape index (κ1) is 18.8. The van der Waals surface area contributed by atoms with Crippen LogP contribution in [0.5, 0.6) is 0 Å². The van der Waals surface area contributed by atoms with Crippen LogP contribution >= 0.6 is 0 Å². The summed E-state index contributed by atoms with van der Waals surface area (Å²) in [5.41, 5.74) is 2.47. The molecule has 0 spiro atoms. The van der Waals surface area contributed by atoms with Crippen LogP contribution in [-0.2, 0) is 9.59 Å². The number of likely N-dealkylation sites (tertiary alicyclic amines) is 1. The maximum Gasteiger partial charge on any atom is 0.295 e. The first-order valence-corrected chi connectivity index (χ1v) is 8.68. The highest BCUT2D eigenvalue weighted by molar-refractivity contribution is 6.46. The van der Waals surface area contributed by atoms with Crippen LogP contribution < -0.4 is 0 Å². The number of aromatic nitrogens is 3. The number of nitrogens with one attached hydrogen (secondary N) is 1. The van der Waals surface area contributed by atoms with Gasteiger partial charge in [-0.2, -0.15) is 5.10 Å². The molecule has 0 bridgehead atoms. The van der Waals surface area contributed by atoms with E-state index >= 15 is 0 Å². The van der Waals surface area contributed by atoms with Crippen molar-refractivity contribution >= 4 is 17.4 Å². The number of likely N-dealkylation sites (N-methyl/N-ethyl adjacent to an activating group) is 1. The van der Waals surface area contributed by atoms with Gasteiger partial charge in [0.2, 0.25) is 0 Å². The standard InChI is InChI=1S/C19H23N5O3/c1-11-14(12(2)22-21-11)17(25)15-16(13-5-7-20-8-6-13)24(10-9-23(3)4)19(27)18(15)26/h5-8,16,25H,9-10H2,1-4H3,(H,21,22)/b17-15+/t16-/m0/s1. The number of rotatable bonds is 5. The average Bonchev–Trinajstić information content (AvgIpc) is 3.10. The first-order valence-electron chi connectivity index (χ1n) is 8.68. The number of aliphatic hydroxyl groups is 1. The summed E-state index contributed by atoms with van der Waals surface area (Å²) in [7, 11) is 3.80. The number of hydrogen-bond acceptors (Lipinski definition) is 6. The number of carbonyl (C=O) groups excluding carboxylic acids is 2. The van der Waals surface area contributed by atoms with Gasteiger partial charge in [-0.1, -0.05) is 0 Å². The molecule has 2 aromatic rings. The van der Waals surface area contributed by atoms with Crippen molar-refractivity contribution in [3.63, 3.8) is 0 Å². The van der Waals surface area contributed by atoms with Gasteiger partial charge >= 0.3 is 0 Å². The molecule has 2 N–H and O–H groups in total. The van der Waals surface area contributed by atoms with E-state index in [1.165, 1.54) is 4.90 Å². The topological polar surface area (TPSA) is 102 Å². The molecule has 3 heterocycles. The Morgan fingerprint density at radius 1 is 1.26 bits per heavy atom. The maximum atomic E-state index is 12.8. The Bertz CT molecular complexity index is 882. The van der Waals surface area contributed by atoms with Gasteiger partial charge in [0, 0.05) is 31.2 Å². The number of nitrogens with zero attached hydrogens (tertiary/aromatic N) is 4. The zero-order chi connectivity index (χ0) is 19.7. The lowest BCUT2D eigenvalue weighted by Crippen LogP contribution is -2.35. The summed E-state index contributed by atoms with van der Waals surface area (Å²) in [6.45, 7) is 4.46. The third-order valence-corrected chi connectivity index (χ3v) is 4.71. The van der Waals surface area contributed by atoms with Gasteiger partial charge in [-0.25, -0.2) is 0 Å². The smallest absolute Gasteiger partial charge is 0.295 e. The second kappa shape index (κ2) is 7.32. The molecule has 0 aromatic carbocycles. The summed E-state index contributed by atoms with van der Waals surface area (Å²) in [5.74, 6) is -1.50. The summed E-state index contributed by atoms with van der Waals surface area (Å²) in [6.07, 6.45) is 3.21. The van der Waals surface area contributed by atoms with Crippen LogP contribution in [0.4, 0.5) is 0 Å². The number of ketones is 1.